The Bertz CT molecular complexity index is 122. The van der Waals surface area contributed by atoms with Gasteiger partial charge in [0.1, 0.15) is 0 Å². The molecule has 1 rings (SSSR count). The van der Waals surface area contributed by atoms with Crippen molar-refractivity contribution in [3.05, 3.63) is 0 Å². The van der Waals surface area contributed by atoms with Crippen LogP contribution in [0.4, 0.5) is 0 Å². The molecular weight excluding hydrogens is 154 g/mol. The van der Waals surface area contributed by atoms with Gasteiger partial charge in [0.05, 0.1) is 18.8 Å². The van der Waals surface area contributed by atoms with Crippen LogP contribution in [-0.4, -0.2) is 39.0 Å². The maximum atomic E-state index is 5.43. The Hall–Kier alpha value is -0.120. The molecule has 0 spiro atoms. The molecule has 0 amide bonds. The Morgan fingerprint density at radius 2 is 2.25 bits per heavy atom. The summed E-state index contributed by atoms with van der Waals surface area (Å²) in [6.07, 6.45) is 2.40. The van der Waals surface area contributed by atoms with Crippen LogP contribution in [-0.2, 0) is 9.47 Å². The SMILES string of the molecule is CCOCC1(COC)CCCN1. The van der Waals surface area contributed by atoms with Crippen LogP contribution in [0.15, 0.2) is 0 Å². The third kappa shape index (κ3) is 2.44. The van der Waals surface area contributed by atoms with Gasteiger partial charge in [-0.3, -0.25) is 0 Å². The predicted octanol–water partition coefficient (Wildman–Crippen LogP) is 0.791. The van der Waals surface area contributed by atoms with E-state index in [0.29, 0.717) is 0 Å². The van der Waals surface area contributed by atoms with Crippen molar-refractivity contribution in [3.63, 3.8) is 0 Å². The van der Waals surface area contributed by atoms with E-state index in [1.54, 1.807) is 7.11 Å². The quantitative estimate of drug-likeness (QED) is 0.667. The fraction of sp³-hybridized carbons (Fsp3) is 1.00. The molecule has 12 heavy (non-hydrogen) atoms. The van der Waals surface area contributed by atoms with Crippen LogP contribution < -0.4 is 5.32 Å². The van der Waals surface area contributed by atoms with Crippen molar-refractivity contribution < 1.29 is 9.47 Å². The molecule has 1 fully saturated rings. The lowest BCUT2D eigenvalue weighted by atomic mass is 10.0. The average molecular weight is 173 g/mol. The van der Waals surface area contributed by atoms with Crippen molar-refractivity contribution in [1.29, 1.82) is 0 Å². The standard InChI is InChI=1S/C9H19NO2/c1-3-12-8-9(7-11-2)5-4-6-10-9/h10H,3-8H2,1-2H3. The van der Waals surface area contributed by atoms with E-state index in [2.05, 4.69) is 5.32 Å². The van der Waals surface area contributed by atoms with Crippen LogP contribution in [0.3, 0.4) is 0 Å². The third-order valence-electron chi connectivity index (χ3n) is 2.34. The first-order chi connectivity index (χ1) is 5.83. The first-order valence-corrected chi connectivity index (χ1v) is 4.65. The Labute approximate surface area is 74.4 Å². The molecule has 3 nitrogen and oxygen atoms in total. The molecule has 1 N–H and O–H groups in total. The van der Waals surface area contributed by atoms with Crippen LogP contribution in [0, 0.1) is 0 Å². The topological polar surface area (TPSA) is 30.5 Å². The van der Waals surface area contributed by atoms with Crippen LogP contribution in [0.1, 0.15) is 19.8 Å². The molecule has 0 aromatic heterocycles. The fourth-order valence-electron chi connectivity index (χ4n) is 1.73. The Balaban J connectivity index is 2.35. The number of nitrogens with one attached hydrogen (secondary N) is 1. The maximum Gasteiger partial charge on any atom is 0.0670 e. The number of hydrogen-bond acceptors (Lipinski definition) is 3. The lowest BCUT2D eigenvalue weighted by molar-refractivity contribution is 0.0349. The molecule has 3 heteroatoms. The smallest absolute Gasteiger partial charge is 0.0670 e. The van der Waals surface area contributed by atoms with Gasteiger partial charge in [-0.2, -0.15) is 0 Å². The van der Waals surface area contributed by atoms with Crippen LogP contribution >= 0.6 is 0 Å². The largest absolute Gasteiger partial charge is 0.383 e. The van der Waals surface area contributed by atoms with E-state index in [0.717, 1.165) is 26.4 Å². The highest BCUT2D eigenvalue weighted by molar-refractivity contribution is 4.92. The van der Waals surface area contributed by atoms with Gasteiger partial charge in [0.2, 0.25) is 0 Å². The lowest BCUT2D eigenvalue weighted by Crippen LogP contribution is -2.48. The van der Waals surface area contributed by atoms with E-state index in [4.69, 9.17) is 9.47 Å². The van der Waals surface area contributed by atoms with E-state index in [1.807, 2.05) is 6.92 Å². The summed E-state index contributed by atoms with van der Waals surface area (Å²) in [6.45, 7) is 5.43. The van der Waals surface area contributed by atoms with E-state index < -0.39 is 0 Å². The van der Waals surface area contributed by atoms with Gasteiger partial charge in [-0.15, -0.1) is 0 Å². The summed E-state index contributed by atoms with van der Waals surface area (Å²) in [5.74, 6) is 0. The minimum Gasteiger partial charge on any atom is -0.383 e. The molecule has 0 saturated carbocycles. The maximum absolute atomic E-state index is 5.43. The predicted molar refractivity (Wildman–Crippen MR) is 48.3 cm³/mol. The van der Waals surface area contributed by atoms with Gasteiger partial charge >= 0.3 is 0 Å². The molecular formula is C9H19NO2. The van der Waals surface area contributed by atoms with Crippen molar-refractivity contribution >= 4 is 0 Å². The highest BCUT2D eigenvalue weighted by Gasteiger charge is 2.33. The molecule has 72 valence electrons. The van der Waals surface area contributed by atoms with Gasteiger partial charge in [0.15, 0.2) is 0 Å². The third-order valence-corrected chi connectivity index (χ3v) is 2.34. The summed E-state index contributed by atoms with van der Waals surface area (Å²) in [4.78, 5) is 0. The fourth-order valence-corrected chi connectivity index (χ4v) is 1.73. The van der Waals surface area contributed by atoms with E-state index in [1.165, 1.54) is 12.8 Å². The van der Waals surface area contributed by atoms with Crippen molar-refractivity contribution in [2.24, 2.45) is 0 Å². The second-order valence-corrected chi connectivity index (χ2v) is 3.38. The Kier molecular flexibility index (Phi) is 3.98. The first kappa shape index (κ1) is 9.96. The zero-order chi connectivity index (χ0) is 8.86. The average Bonchev–Trinajstić information content (AvgIpc) is 2.51. The summed E-state index contributed by atoms with van der Waals surface area (Å²) in [7, 11) is 1.74. The van der Waals surface area contributed by atoms with Crippen LogP contribution in [0.25, 0.3) is 0 Å². The van der Waals surface area contributed by atoms with Crippen molar-refractivity contribution in [1.82, 2.24) is 5.32 Å². The molecule has 0 aliphatic carbocycles. The van der Waals surface area contributed by atoms with E-state index in [-0.39, 0.29) is 5.54 Å². The zero-order valence-electron chi connectivity index (χ0n) is 8.06. The molecule has 1 atom stereocenters. The van der Waals surface area contributed by atoms with E-state index in [9.17, 15) is 0 Å². The molecule has 1 heterocycles. The highest BCUT2D eigenvalue weighted by atomic mass is 16.5. The van der Waals surface area contributed by atoms with Gasteiger partial charge in [0, 0.05) is 13.7 Å². The molecule has 1 aliphatic rings. The molecule has 0 bridgehead atoms. The molecule has 0 aromatic carbocycles. The molecule has 0 aromatic rings. The molecule has 1 aliphatic heterocycles. The second kappa shape index (κ2) is 4.80. The van der Waals surface area contributed by atoms with Gasteiger partial charge < -0.3 is 14.8 Å². The van der Waals surface area contributed by atoms with Crippen molar-refractivity contribution in [2.75, 3.05) is 33.5 Å². The van der Waals surface area contributed by atoms with Crippen LogP contribution in [0.5, 0.6) is 0 Å². The Morgan fingerprint density at radius 1 is 1.42 bits per heavy atom. The summed E-state index contributed by atoms with van der Waals surface area (Å²) >= 11 is 0. The van der Waals surface area contributed by atoms with Crippen molar-refractivity contribution in [2.45, 2.75) is 25.3 Å². The second-order valence-electron chi connectivity index (χ2n) is 3.38. The summed E-state index contributed by atoms with van der Waals surface area (Å²) in [6, 6.07) is 0. The monoisotopic (exact) mass is 173 g/mol. The summed E-state index contributed by atoms with van der Waals surface area (Å²) in [5.41, 5.74) is 0.102. The summed E-state index contributed by atoms with van der Waals surface area (Å²) < 4.78 is 10.6. The number of hydrogen-bond donors (Lipinski definition) is 1. The number of methoxy groups -OCH3 is 1. The highest BCUT2D eigenvalue weighted by Crippen LogP contribution is 2.19. The molecule has 0 radical (unpaired) electrons. The van der Waals surface area contributed by atoms with Gasteiger partial charge in [-0.05, 0) is 26.3 Å². The number of ether oxygens (including phenoxy) is 2. The van der Waals surface area contributed by atoms with Crippen molar-refractivity contribution in [3.8, 4) is 0 Å². The number of rotatable bonds is 5. The van der Waals surface area contributed by atoms with Gasteiger partial charge in [-0.25, -0.2) is 0 Å². The normalized spacial score (nSPS) is 29.5. The Morgan fingerprint density at radius 3 is 2.75 bits per heavy atom. The summed E-state index contributed by atoms with van der Waals surface area (Å²) in [5, 5.41) is 3.46. The zero-order valence-corrected chi connectivity index (χ0v) is 8.06. The molecule has 1 saturated heterocycles. The minimum absolute atomic E-state index is 0.102. The minimum atomic E-state index is 0.102. The van der Waals surface area contributed by atoms with Gasteiger partial charge in [0.25, 0.3) is 0 Å². The van der Waals surface area contributed by atoms with E-state index >= 15 is 0 Å². The van der Waals surface area contributed by atoms with Crippen LogP contribution in [0.2, 0.25) is 0 Å². The lowest BCUT2D eigenvalue weighted by Gasteiger charge is -2.28. The van der Waals surface area contributed by atoms with Gasteiger partial charge in [-0.1, -0.05) is 0 Å². The first-order valence-electron chi connectivity index (χ1n) is 4.65. The molecule has 1 unspecified atom stereocenters.